The quantitative estimate of drug-likeness (QED) is 0.876. The van der Waals surface area contributed by atoms with Gasteiger partial charge in [-0.05, 0) is 31.4 Å². The predicted molar refractivity (Wildman–Crippen MR) is 89.9 cm³/mol. The van der Waals surface area contributed by atoms with Crippen molar-refractivity contribution in [1.82, 2.24) is 4.31 Å². The van der Waals surface area contributed by atoms with Crippen molar-refractivity contribution in [2.75, 3.05) is 19.8 Å². The fraction of sp³-hybridized carbons (Fsp3) is 0.647. The molecular weight excluding hydrogens is 330 g/mol. The molecule has 0 aromatic heterocycles. The summed E-state index contributed by atoms with van der Waals surface area (Å²) in [6, 6.07) is 4.38. The van der Waals surface area contributed by atoms with Gasteiger partial charge in [-0.2, -0.15) is 4.31 Å². The second-order valence-electron chi connectivity index (χ2n) is 6.34. The third kappa shape index (κ3) is 3.38. The normalized spacial score (nSPS) is 24.1. The molecular formula is C17H25NO5S. The molecule has 0 spiro atoms. The fourth-order valence-electron chi connectivity index (χ4n) is 3.43. The van der Waals surface area contributed by atoms with Crippen molar-refractivity contribution in [3.8, 4) is 11.5 Å². The van der Waals surface area contributed by atoms with E-state index in [9.17, 15) is 13.5 Å². The highest BCUT2D eigenvalue weighted by Crippen LogP contribution is 2.35. The molecule has 1 aromatic rings. The third-order valence-corrected chi connectivity index (χ3v) is 6.55. The maximum absolute atomic E-state index is 13.2. The Hall–Kier alpha value is -1.31. The molecule has 0 unspecified atom stereocenters. The first-order valence-corrected chi connectivity index (χ1v) is 10.1. The number of rotatable bonds is 5. The van der Waals surface area contributed by atoms with Gasteiger partial charge in [-0.3, -0.25) is 0 Å². The molecule has 1 saturated carbocycles. The summed E-state index contributed by atoms with van der Waals surface area (Å²) in [5, 5.41) is 10.3. The fourth-order valence-corrected chi connectivity index (χ4v) is 5.22. The van der Waals surface area contributed by atoms with Crippen LogP contribution in [0, 0.1) is 0 Å². The predicted octanol–water partition coefficient (Wildman–Crippen LogP) is 2.16. The molecule has 0 bridgehead atoms. The van der Waals surface area contributed by atoms with Gasteiger partial charge in [-0.25, -0.2) is 8.42 Å². The Labute approximate surface area is 143 Å². The lowest BCUT2D eigenvalue weighted by atomic mass is 9.92. The summed E-state index contributed by atoms with van der Waals surface area (Å²) in [4.78, 5) is 0.193. The lowest BCUT2D eigenvalue weighted by Gasteiger charge is -2.36. The molecule has 1 heterocycles. The minimum absolute atomic E-state index is 0.193. The lowest BCUT2D eigenvalue weighted by molar-refractivity contribution is 0.0557. The molecule has 0 radical (unpaired) electrons. The Morgan fingerprint density at radius 1 is 1.17 bits per heavy atom. The number of ether oxygens (including phenoxy) is 2. The lowest BCUT2D eigenvalue weighted by Crippen LogP contribution is -2.48. The maximum atomic E-state index is 13.2. The van der Waals surface area contributed by atoms with E-state index in [1.54, 1.807) is 12.1 Å². The minimum Gasteiger partial charge on any atom is -0.486 e. The van der Waals surface area contributed by atoms with Crippen LogP contribution in [0.5, 0.6) is 11.5 Å². The van der Waals surface area contributed by atoms with E-state index in [1.807, 2.05) is 6.92 Å². The van der Waals surface area contributed by atoms with E-state index in [-0.39, 0.29) is 10.9 Å². The summed E-state index contributed by atoms with van der Waals surface area (Å²) in [7, 11) is -3.69. The number of fused-ring (bicyclic) bond motifs is 1. The molecule has 2 aliphatic rings. The molecule has 0 amide bonds. The van der Waals surface area contributed by atoms with Crippen molar-refractivity contribution in [3.05, 3.63) is 18.2 Å². The van der Waals surface area contributed by atoms with Crippen molar-refractivity contribution in [3.63, 3.8) is 0 Å². The highest BCUT2D eigenvalue weighted by Gasteiger charge is 2.36. The van der Waals surface area contributed by atoms with Gasteiger partial charge in [0.1, 0.15) is 13.2 Å². The molecule has 1 fully saturated rings. The van der Waals surface area contributed by atoms with E-state index in [4.69, 9.17) is 9.47 Å². The summed E-state index contributed by atoms with van der Waals surface area (Å²) in [5.74, 6) is 1.03. The van der Waals surface area contributed by atoms with Gasteiger partial charge in [0.2, 0.25) is 10.0 Å². The van der Waals surface area contributed by atoms with Gasteiger partial charge < -0.3 is 14.6 Å². The smallest absolute Gasteiger partial charge is 0.243 e. The van der Waals surface area contributed by atoms with Crippen molar-refractivity contribution < 1.29 is 23.0 Å². The largest absolute Gasteiger partial charge is 0.486 e. The van der Waals surface area contributed by atoms with Crippen LogP contribution in [0.4, 0.5) is 0 Å². The zero-order valence-corrected chi connectivity index (χ0v) is 14.8. The molecule has 0 saturated heterocycles. The average molecular weight is 355 g/mol. The van der Waals surface area contributed by atoms with Crippen molar-refractivity contribution >= 4 is 10.0 Å². The van der Waals surface area contributed by atoms with Crippen LogP contribution in [0.2, 0.25) is 0 Å². The van der Waals surface area contributed by atoms with Crippen LogP contribution in [-0.4, -0.2) is 49.7 Å². The molecule has 1 aliphatic heterocycles. The second kappa shape index (κ2) is 7.29. The molecule has 2 atom stereocenters. The zero-order valence-electron chi connectivity index (χ0n) is 14.0. The Morgan fingerprint density at radius 3 is 2.58 bits per heavy atom. The standard InChI is InChI=1S/C17H25NO5S/c1-2-9-18(14-5-3-4-6-15(14)19)24(20,21)13-7-8-16-17(12-13)23-11-10-22-16/h7-8,12,14-15,19H,2-6,9-11H2,1H3/t14-,15-/m0/s1. The second-order valence-corrected chi connectivity index (χ2v) is 8.23. The van der Waals surface area contributed by atoms with Gasteiger partial charge in [0.15, 0.2) is 11.5 Å². The topological polar surface area (TPSA) is 76.1 Å². The summed E-state index contributed by atoms with van der Waals surface area (Å²) < 4.78 is 38.8. The van der Waals surface area contributed by atoms with E-state index in [2.05, 4.69) is 0 Å². The third-order valence-electron chi connectivity index (χ3n) is 4.63. The number of nitrogens with zero attached hydrogens (tertiary/aromatic N) is 1. The van der Waals surface area contributed by atoms with Gasteiger partial charge in [-0.15, -0.1) is 0 Å². The minimum atomic E-state index is -3.69. The number of hydrogen-bond acceptors (Lipinski definition) is 5. The molecule has 1 aromatic carbocycles. The van der Waals surface area contributed by atoms with Gasteiger partial charge in [0.05, 0.1) is 17.0 Å². The van der Waals surface area contributed by atoms with Crippen LogP contribution < -0.4 is 9.47 Å². The van der Waals surface area contributed by atoms with Crippen LogP contribution in [0.1, 0.15) is 39.0 Å². The van der Waals surface area contributed by atoms with Gasteiger partial charge in [-0.1, -0.05) is 19.8 Å². The van der Waals surface area contributed by atoms with Crippen LogP contribution in [0.3, 0.4) is 0 Å². The molecule has 7 heteroatoms. The maximum Gasteiger partial charge on any atom is 0.243 e. The number of benzene rings is 1. The van der Waals surface area contributed by atoms with Crippen LogP contribution in [0.25, 0.3) is 0 Å². The van der Waals surface area contributed by atoms with Crippen molar-refractivity contribution in [2.24, 2.45) is 0 Å². The van der Waals surface area contributed by atoms with Crippen molar-refractivity contribution in [2.45, 2.75) is 56.1 Å². The summed E-state index contributed by atoms with van der Waals surface area (Å²) in [6.07, 6.45) is 3.34. The summed E-state index contributed by atoms with van der Waals surface area (Å²) in [6.45, 7) is 3.23. The summed E-state index contributed by atoms with van der Waals surface area (Å²) >= 11 is 0. The SMILES string of the molecule is CCCN([C@H]1CCCC[C@@H]1O)S(=O)(=O)c1ccc2c(c1)OCCO2. The van der Waals surface area contributed by atoms with Crippen LogP contribution in [0.15, 0.2) is 23.1 Å². The highest BCUT2D eigenvalue weighted by molar-refractivity contribution is 7.89. The number of aliphatic hydroxyl groups excluding tert-OH is 1. The van der Waals surface area contributed by atoms with Gasteiger partial charge >= 0.3 is 0 Å². The van der Waals surface area contributed by atoms with E-state index < -0.39 is 16.1 Å². The number of aliphatic hydroxyl groups is 1. The first-order chi connectivity index (χ1) is 11.5. The van der Waals surface area contributed by atoms with Crippen molar-refractivity contribution in [1.29, 1.82) is 0 Å². The molecule has 6 nitrogen and oxygen atoms in total. The molecule has 134 valence electrons. The first kappa shape index (κ1) is 17.5. The Balaban J connectivity index is 1.93. The van der Waals surface area contributed by atoms with Crippen LogP contribution >= 0.6 is 0 Å². The Kier molecular flexibility index (Phi) is 5.32. The Bertz CT molecular complexity index is 676. The van der Waals surface area contributed by atoms with Gasteiger partial charge in [0.25, 0.3) is 0 Å². The zero-order chi connectivity index (χ0) is 17.2. The summed E-state index contributed by atoms with van der Waals surface area (Å²) in [5.41, 5.74) is 0. The molecule has 3 rings (SSSR count). The first-order valence-electron chi connectivity index (χ1n) is 8.63. The van der Waals surface area contributed by atoms with Crippen LogP contribution in [-0.2, 0) is 10.0 Å². The highest BCUT2D eigenvalue weighted by atomic mass is 32.2. The monoisotopic (exact) mass is 355 g/mol. The Morgan fingerprint density at radius 2 is 1.88 bits per heavy atom. The average Bonchev–Trinajstić information content (AvgIpc) is 2.60. The van der Waals surface area contributed by atoms with E-state index in [1.165, 1.54) is 10.4 Å². The van der Waals surface area contributed by atoms with E-state index in [0.29, 0.717) is 50.5 Å². The van der Waals surface area contributed by atoms with E-state index in [0.717, 1.165) is 12.8 Å². The number of sulfonamides is 1. The molecule has 1 N–H and O–H groups in total. The molecule has 1 aliphatic carbocycles. The van der Waals surface area contributed by atoms with E-state index >= 15 is 0 Å². The molecule has 24 heavy (non-hydrogen) atoms. The van der Waals surface area contributed by atoms with Gasteiger partial charge in [0, 0.05) is 12.6 Å². The number of hydrogen-bond donors (Lipinski definition) is 1.